The van der Waals surface area contributed by atoms with Crippen LogP contribution in [0.5, 0.6) is 0 Å². The molecule has 0 aromatic carbocycles. The highest BCUT2D eigenvalue weighted by atomic mass is 15.2. The van der Waals surface area contributed by atoms with E-state index in [1.165, 1.54) is 58.0 Å². The van der Waals surface area contributed by atoms with Gasteiger partial charge < -0.3 is 5.73 Å². The van der Waals surface area contributed by atoms with Gasteiger partial charge in [-0.2, -0.15) is 0 Å². The third-order valence-corrected chi connectivity index (χ3v) is 4.94. The quantitative estimate of drug-likeness (QED) is 0.798. The largest absolute Gasteiger partial charge is 0.327 e. The SMILES string of the molecule is CCC1CCCCN1CC1(C)CCCC1N. The maximum atomic E-state index is 6.29. The molecule has 1 heterocycles. The van der Waals surface area contributed by atoms with E-state index < -0.39 is 0 Å². The Hall–Kier alpha value is -0.0800. The molecule has 0 aromatic rings. The van der Waals surface area contributed by atoms with Crippen LogP contribution in [0.4, 0.5) is 0 Å². The Bertz CT molecular complexity index is 229. The monoisotopic (exact) mass is 224 g/mol. The lowest BCUT2D eigenvalue weighted by Gasteiger charge is -2.42. The van der Waals surface area contributed by atoms with Gasteiger partial charge in [0.1, 0.15) is 0 Å². The minimum atomic E-state index is 0.394. The fraction of sp³-hybridized carbons (Fsp3) is 1.00. The minimum Gasteiger partial charge on any atom is -0.327 e. The highest BCUT2D eigenvalue weighted by Gasteiger charge is 2.39. The summed E-state index contributed by atoms with van der Waals surface area (Å²) in [5.41, 5.74) is 6.68. The Labute approximate surface area is 101 Å². The first-order chi connectivity index (χ1) is 7.65. The van der Waals surface area contributed by atoms with Crippen LogP contribution in [0.2, 0.25) is 0 Å². The second-order valence-electron chi connectivity index (χ2n) is 6.18. The average Bonchev–Trinajstić information content (AvgIpc) is 2.60. The number of nitrogens with two attached hydrogens (primary N) is 1. The molecule has 0 radical (unpaired) electrons. The number of piperidine rings is 1. The maximum absolute atomic E-state index is 6.29. The molecule has 1 aliphatic heterocycles. The van der Waals surface area contributed by atoms with Gasteiger partial charge in [-0.25, -0.2) is 0 Å². The molecule has 2 nitrogen and oxygen atoms in total. The number of hydrogen-bond donors (Lipinski definition) is 1. The summed E-state index contributed by atoms with van der Waals surface area (Å²) in [5, 5.41) is 0. The van der Waals surface area contributed by atoms with Gasteiger partial charge in [0.05, 0.1) is 0 Å². The Morgan fingerprint density at radius 1 is 1.25 bits per heavy atom. The van der Waals surface area contributed by atoms with Crippen LogP contribution in [0.3, 0.4) is 0 Å². The molecule has 2 fully saturated rings. The fourth-order valence-corrected chi connectivity index (χ4v) is 3.65. The zero-order valence-electron chi connectivity index (χ0n) is 11.0. The smallest absolute Gasteiger partial charge is 0.0105 e. The van der Waals surface area contributed by atoms with Crippen molar-refractivity contribution in [1.82, 2.24) is 4.90 Å². The molecule has 16 heavy (non-hydrogen) atoms. The first kappa shape index (κ1) is 12.4. The summed E-state index contributed by atoms with van der Waals surface area (Å²) in [6.07, 6.45) is 9.44. The normalized spacial score (nSPS) is 41.4. The molecule has 1 aliphatic carbocycles. The lowest BCUT2D eigenvalue weighted by molar-refractivity contribution is 0.0809. The van der Waals surface area contributed by atoms with E-state index in [-0.39, 0.29) is 0 Å². The van der Waals surface area contributed by atoms with Gasteiger partial charge in [-0.15, -0.1) is 0 Å². The van der Waals surface area contributed by atoms with Crippen molar-refractivity contribution in [3.05, 3.63) is 0 Å². The Morgan fingerprint density at radius 3 is 2.69 bits per heavy atom. The van der Waals surface area contributed by atoms with Gasteiger partial charge in [-0.05, 0) is 44.1 Å². The second kappa shape index (κ2) is 5.05. The van der Waals surface area contributed by atoms with Crippen molar-refractivity contribution in [3.63, 3.8) is 0 Å². The van der Waals surface area contributed by atoms with E-state index in [2.05, 4.69) is 18.7 Å². The van der Waals surface area contributed by atoms with Crippen LogP contribution in [0.15, 0.2) is 0 Å². The summed E-state index contributed by atoms with van der Waals surface area (Å²) in [6, 6.07) is 1.27. The molecule has 2 aliphatic rings. The predicted octanol–water partition coefficient (Wildman–Crippen LogP) is 2.77. The number of hydrogen-bond acceptors (Lipinski definition) is 2. The summed E-state index contributed by atoms with van der Waals surface area (Å²) in [6.45, 7) is 7.29. The van der Waals surface area contributed by atoms with E-state index in [1.54, 1.807) is 0 Å². The molecular weight excluding hydrogens is 196 g/mol. The summed E-state index contributed by atoms with van der Waals surface area (Å²) < 4.78 is 0. The first-order valence-electron chi connectivity index (χ1n) is 7.15. The Kier molecular flexibility index (Phi) is 3.91. The van der Waals surface area contributed by atoms with Gasteiger partial charge in [-0.3, -0.25) is 4.90 Å². The molecule has 0 bridgehead atoms. The third-order valence-electron chi connectivity index (χ3n) is 4.94. The summed E-state index contributed by atoms with van der Waals surface area (Å²) >= 11 is 0. The fourth-order valence-electron chi connectivity index (χ4n) is 3.65. The van der Waals surface area contributed by atoms with Crippen molar-refractivity contribution < 1.29 is 0 Å². The average molecular weight is 224 g/mol. The molecule has 0 aromatic heterocycles. The number of rotatable bonds is 3. The Balaban J connectivity index is 1.96. The van der Waals surface area contributed by atoms with Crippen LogP contribution in [-0.2, 0) is 0 Å². The van der Waals surface area contributed by atoms with Crippen molar-refractivity contribution in [2.75, 3.05) is 13.1 Å². The molecule has 3 atom stereocenters. The van der Waals surface area contributed by atoms with E-state index in [9.17, 15) is 0 Å². The van der Waals surface area contributed by atoms with Crippen LogP contribution in [0.1, 0.15) is 58.8 Å². The molecule has 2 N–H and O–H groups in total. The van der Waals surface area contributed by atoms with Gasteiger partial charge >= 0.3 is 0 Å². The molecule has 0 amide bonds. The maximum Gasteiger partial charge on any atom is 0.0105 e. The van der Waals surface area contributed by atoms with Crippen LogP contribution >= 0.6 is 0 Å². The number of nitrogens with zero attached hydrogens (tertiary/aromatic N) is 1. The van der Waals surface area contributed by atoms with Crippen LogP contribution in [-0.4, -0.2) is 30.1 Å². The number of likely N-dealkylation sites (tertiary alicyclic amines) is 1. The standard InChI is InChI=1S/C14H28N2/c1-3-12-7-4-5-10-16(12)11-14(2)9-6-8-13(14)15/h12-13H,3-11,15H2,1-2H3. The third kappa shape index (κ3) is 2.43. The van der Waals surface area contributed by atoms with E-state index >= 15 is 0 Å². The Morgan fingerprint density at radius 2 is 2.06 bits per heavy atom. The summed E-state index contributed by atoms with van der Waals surface area (Å²) in [7, 11) is 0. The van der Waals surface area contributed by atoms with Crippen molar-refractivity contribution in [2.45, 2.75) is 70.9 Å². The van der Waals surface area contributed by atoms with Gasteiger partial charge in [0.25, 0.3) is 0 Å². The highest BCUT2D eigenvalue weighted by Crippen LogP contribution is 2.38. The molecular formula is C14H28N2. The minimum absolute atomic E-state index is 0.394. The zero-order chi connectivity index (χ0) is 11.6. The van der Waals surface area contributed by atoms with Crippen molar-refractivity contribution >= 4 is 0 Å². The van der Waals surface area contributed by atoms with Gasteiger partial charge in [-0.1, -0.05) is 26.7 Å². The van der Waals surface area contributed by atoms with Crippen LogP contribution < -0.4 is 5.73 Å². The topological polar surface area (TPSA) is 29.3 Å². The van der Waals surface area contributed by atoms with E-state index in [0.717, 1.165) is 6.04 Å². The van der Waals surface area contributed by atoms with Crippen molar-refractivity contribution in [3.8, 4) is 0 Å². The molecule has 1 saturated heterocycles. The second-order valence-corrected chi connectivity index (χ2v) is 6.18. The van der Waals surface area contributed by atoms with Crippen LogP contribution in [0, 0.1) is 5.41 Å². The molecule has 2 heteroatoms. The lowest BCUT2D eigenvalue weighted by atomic mass is 9.83. The van der Waals surface area contributed by atoms with E-state index in [0.29, 0.717) is 11.5 Å². The molecule has 3 unspecified atom stereocenters. The summed E-state index contributed by atoms with van der Waals surface area (Å²) in [4.78, 5) is 2.73. The molecule has 94 valence electrons. The molecule has 2 rings (SSSR count). The highest BCUT2D eigenvalue weighted by molar-refractivity contribution is 4.95. The van der Waals surface area contributed by atoms with Gasteiger partial charge in [0.2, 0.25) is 0 Å². The van der Waals surface area contributed by atoms with Crippen molar-refractivity contribution in [2.24, 2.45) is 11.1 Å². The first-order valence-corrected chi connectivity index (χ1v) is 7.15. The predicted molar refractivity (Wildman–Crippen MR) is 69.4 cm³/mol. The molecule has 1 saturated carbocycles. The summed E-state index contributed by atoms with van der Waals surface area (Å²) in [5.74, 6) is 0. The lowest BCUT2D eigenvalue weighted by Crippen LogP contribution is -2.49. The molecule has 0 spiro atoms. The van der Waals surface area contributed by atoms with E-state index in [4.69, 9.17) is 5.73 Å². The van der Waals surface area contributed by atoms with Crippen LogP contribution in [0.25, 0.3) is 0 Å². The van der Waals surface area contributed by atoms with Crippen molar-refractivity contribution in [1.29, 1.82) is 0 Å². The zero-order valence-corrected chi connectivity index (χ0v) is 11.0. The van der Waals surface area contributed by atoms with Gasteiger partial charge in [0, 0.05) is 18.6 Å². The van der Waals surface area contributed by atoms with Gasteiger partial charge in [0.15, 0.2) is 0 Å². The van der Waals surface area contributed by atoms with E-state index in [1.807, 2.05) is 0 Å².